The number of fused-ring (bicyclic) bond motifs is 1. The van der Waals surface area contributed by atoms with Gasteiger partial charge < -0.3 is 25.8 Å². The van der Waals surface area contributed by atoms with E-state index in [2.05, 4.69) is 20.9 Å². The van der Waals surface area contributed by atoms with Crippen molar-refractivity contribution in [3.8, 4) is 39.4 Å². The van der Waals surface area contributed by atoms with E-state index in [1.54, 1.807) is 26.3 Å². The van der Waals surface area contributed by atoms with E-state index in [9.17, 15) is 14.7 Å². The first-order valence-electron chi connectivity index (χ1n) is 15.7. The zero-order valence-electron chi connectivity index (χ0n) is 26.6. The van der Waals surface area contributed by atoms with E-state index in [0.717, 1.165) is 39.8 Å². The number of halogens is 2. The molecule has 10 nitrogen and oxygen atoms in total. The first-order valence-corrected chi connectivity index (χ1v) is 16.5. The number of amides is 1. The van der Waals surface area contributed by atoms with Crippen LogP contribution in [-0.2, 0) is 17.9 Å². The highest BCUT2D eigenvalue weighted by atomic mass is 35.5. The van der Waals surface area contributed by atoms with Crippen molar-refractivity contribution in [1.29, 1.82) is 0 Å². The molecule has 4 N–H and O–H groups in total. The van der Waals surface area contributed by atoms with Gasteiger partial charge in [-0.3, -0.25) is 14.0 Å². The molecular formula is C36H36Cl2N6O4. The van der Waals surface area contributed by atoms with Crippen LogP contribution in [0, 0.1) is 0 Å². The van der Waals surface area contributed by atoms with Gasteiger partial charge in [0.2, 0.25) is 11.8 Å². The number of rotatable bonds is 12. The molecule has 0 saturated carbocycles. The van der Waals surface area contributed by atoms with Gasteiger partial charge >= 0.3 is 0 Å². The SMILES string of the molecule is COc1nc(-c2cccc(-c3cccc(-c4ccc5nc(CNC[C@@H](C)O)cc(=O)n5c4)c3Cl)c2Cl)ccc1CNC[C@H]1CCC(=O)N1. The van der Waals surface area contributed by atoms with Gasteiger partial charge in [-0.15, -0.1) is 0 Å². The Morgan fingerprint density at radius 3 is 2.40 bits per heavy atom. The maximum Gasteiger partial charge on any atom is 0.258 e. The highest BCUT2D eigenvalue weighted by Gasteiger charge is 2.21. The summed E-state index contributed by atoms with van der Waals surface area (Å²) in [6.07, 6.45) is 2.63. The maximum atomic E-state index is 13.0. The minimum absolute atomic E-state index is 0.0917. The lowest BCUT2D eigenvalue weighted by Gasteiger charge is -2.16. The molecule has 248 valence electrons. The summed E-state index contributed by atoms with van der Waals surface area (Å²) in [6.45, 7) is 3.68. The fraction of sp³-hybridized carbons (Fsp3) is 0.278. The molecule has 4 heterocycles. The Hall–Kier alpha value is -4.32. The fourth-order valence-electron chi connectivity index (χ4n) is 5.85. The number of carbonyl (C=O) groups excluding carboxylic acids is 1. The predicted molar refractivity (Wildman–Crippen MR) is 188 cm³/mol. The number of ether oxygens (including phenoxy) is 1. The van der Waals surface area contributed by atoms with E-state index in [-0.39, 0.29) is 17.5 Å². The Morgan fingerprint density at radius 1 is 0.958 bits per heavy atom. The van der Waals surface area contributed by atoms with Crippen molar-refractivity contribution in [2.24, 2.45) is 0 Å². The largest absolute Gasteiger partial charge is 0.481 e. The van der Waals surface area contributed by atoms with Gasteiger partial charge in [-0.05, 0) is 31.5 Å². The number of pyridine rings is 2. The maximum absolute atomic E-state index is 13.0. The lowest BCUT2D eigenvalue weighted by Crippen LogP contribution is -2.35. The molecule has 6 rings (SSSR count). The average Bonchev–Trinajstić information content (AvgIpc) is 3.49. The summed E-state index contributed by atoms with van der Waals surface area (Å²) < 4.78 is 7.13. The average molecular weight is 688 g/mol. The van der Waals surface area contributed by atoms with E-state index >= 15 is 0 Å². The third-order valence-electron chi connectivity index (χ3n) is 8.26. The van der Waals surface area contributed by atoms with Gasteiger partial charge in [0.1, 0.15) is 5.65 Å². The van der Waals surface area contributed by atoms with Gasteiger partial charge in [0.05, 0.1) is 34.6 Å². The summed E-state index contributed by atoms with van der Waals surface area (Å²) in [5, 5.41) is 19.9. The van der Waals surface area contributed by atoms with Crippen LogP contribution in [0.4, 0.5) is 0 Å². The highest BCUT2D eigenvalue weighted by Crippen LogP contribution is 2.42. The second-order valence-electron chi connectivity index (χ2n) is 11.8. The molecule has 0 spiro atoms. The van der Waals surface area contributed by atoms with E-state index in [0.29, 0.717) is 65.6 Å². The molecule has 48 heavy (non-hydrogen) atoms. The quantitative estimate of drug-likeness (QED) is 0.140. The number of nitrogens with zero attached hydrogens (tertiary/aromatic N) is 3. The number of nitrogens with one attached hydrogen (secondary N) is 3. The smallest absolute Gasteiger partial charge is 0.258 e. The number of methoxy groups -OCH3 is 1. The zero-order chi connectivity index (χ0) is 33.8. The van der Waals surface area contributed by atoms with Crippen molar-refractivity contribution in [2.45, 2.75) is 45.0 Å². The number of hydrogen-bond acceptors (Lipinski definition) is 8. The van der Waals surface area contributed by atoms with Crippen LogP contribution in [0.5, 0.6) is 5.88 Å². The molecule has 1 amide bonds. The molecule has 2 atom stereocenters. The molecule has 1 aliphatic rings. The molecule has 0 bridgehead atoms. The van der Waals surface area contributed by atoms with Gasteiger partial charge in [-0.25, -0.2) is 9.97 Å². The number of hydrogen-bond donors (Lipinski definition) is 4. The van der Waals surface area contributed by atoms with E-state index in [4.69, 9.17) is 32.9 Å². The third kappa shape index (κ3) is 7.38. The van der Waals surface area contributed by atoms with Gasteiger partial charge in [-0.1, -0.05) is 65.7 Å². The van der Waals surface area contributed by atoms with Gasteiger partial charge in [-0.2, -0.15) is 0 Å². The Morgan fingerprint density at radius 2 is 1.69 bits per heavy atom. The van der Waals surface area contributed by atoms with Crippen LogP contribution in [0.1, 0.15) is 31.0 Å². The first-order chi connectivity index (χ1) is 23.2. The van der Waals surface area contributed by atoms with Crippen molar-refractivity contribution in [2.75, 3.05) is 20.2 Å². The van der Waals surface area contributed by atoms with Crippen molar-refractivity contribution in [1.82, 2.24) is 30.3 Å². The highest BCUT2D eigenvalue weighted by molar-refractivity contribution is 6.39. The van der Waals surface area contributed by atoms with Crippen LogP contribution in [0.3, 0.4) is 0 Å². The molecule has 1 fully saturated rings. The third-order valence-corrected chi connectivity index (χ3v) is 9.07. The van der Waals surface area contributed by atoms with Gasteiger partial charge in [0, 0.05) is 84.3 Å². The lowest BCUT2D eigenvalue weighted by molar-refractivity contribution is -0.119. The number of carbonyl (C=O) groups is 1. The monoisotopic (exact) mass is 686 g/mol. The number of aliphatic hydroxyl groups is 1. The Labute approximate surface area is 288 Å². The predicted octanol–water partition coefficient (Wildman–Crippen LogP) is 5.24. The molecular weight excluding hydrogens is 651 g/mol. The van der Waals surface area contributed by atoms with Crippen molar-refractivity contribution >= 4 is 34.8 Å². The van der Waals surface area contributed by atoms with Crippen LogP contribution in [-0.4, -0.2) is 57.7 Å². The molecule has 0 aliphatic carbocycles. The molecule has 1 aliphatic heterocycles. The second-order valence-corrected chi connectivity index (χ2v) is 12.6. The molecule has 0 unspecified atom stereocenters. The molecule has 2 aromatic carbocycles. The van der Waals surface area contributed by atoms with Gasteiger partial charge in [0.15, 0.2) is 0 Å². The second kappa shape index (κ2) is 14.8. The number of aromatic nitrogens is 3. The van der Waals surface area contributed by atoms with E-state index < -0.39 is 6.10 Å². The fourth-order valence-corrected chi connectivity index (χ4v) is 6.52. The summed E-state index contributed by atoms with van der Waals surface area (Å²) in [5.74, 6) is 0.579. The molecule has 3 aromatic heterocycles. The van der Waals surface area contributed by atoms with Crippen LogP contribution in [0.25, 0.3) is 39.2 Å². The van der Waals surface area contributed by atoms with Crippen LogP contribution >= 0.6 is 23.2 Å². The molecule has 1 saturated heterocycles. The van der Waals surface area contributed by atoms with Crippen LogP contribution < -0.4 is 26.2 Å². The topological polar surface area (TPSA) is 130 Å². The Kier molecular flexibility index (Phi) is 10.4. The summed E-state index contributed by atoms with van der Waals surface area (Å²) in [4.78, 5) is 33.9. The Balaban J connectivity index is 1.26. The minimum Gasteiger partial charge on any atom is -0.481 e. The van der Waals surface area contributed by atoms with Gasteiger partial charge in [0.25, 0.3) is 5.56 Å². The normalized spacial score (nSPS) is 15.1. The van der Waals surface area contributed by atoms with Crippen molar-refractivity contribution in [3.05, 3.63) is 105 Å². The number of benzene rings is 2. The van der Waals surface area contributed by atoms with Crippen LogP contribution in [0.2, 0.25) is 10.0 Å². The summed E-state index contributed by atoms with van der Waals surface area (Å²) in [7, 11) is 1.59. The summed E-state index contributed by atoms with van der Waals surface area (Å²) in [6, 6.07) is 20.6. The molecule has 12 heteroatoms. The minimum atomic E-state index is -0.494. The lowest BCUT2D eigenvalue weighted by atomic mass is 9.97. The number of aliphatic hydroxyl groups excluding tert-OH is 1. The van der Waals surface area contributed by atoms with Crippen molar-refractivity contribution < 1.29 is 14.6 Å². The molecule has 5 aromatic rings. The van der Waals surface area contributed by atoms with Crippen molar-refractivity contribution in [3.63, 3.8) is 0 Å². The molecule has 0 radical (unpaired) electrons. The Bertz CT molecular complexity index is 2030. The van der Waals surface area contributed by atoms with E-state index in [1.807, 2.05) is 54.6 Å². The zero-order valence-corrected chi connectivity index (χ0v) is 28.1. The van der Waals surface area contributed by atoms with E-state index in [1.165, 1.54) is 10.5 Å². The summed E-state index contributed by atoms with van der Waals surface area (Å²) in [5.41, 5.74) is 6.11. The first kappa shape index (κ1) is 33.6. The summed E-state index contributed by atoms with van der Waals surface area (Å²) >= 11 is 14.1. The standard InChI is InChI=1S/C36H36Cl2N6O4/c1-21(45)16-39-19-25-15-33(47)44-20-23(10-13-31(44)41-25)26-5-3-6-27(34(26)37)28-7-4-8-29(35(28)38)30-12-9-22(36(43-30)48-2)17-40-18-24-11-14-32(46)42-24/h3-10,12-13,15,20-21,24,39-40,45H,11,14,16-19H2,1-2H3,(H,42,46)/t21-,24-/m1/s1. The van der Waals surface area contributed by atoms with Crippen LogP contribution in [0.15, 0.2) is 77.7 Å².